The molecule has 5 aliphatic rings. The van der Waals surface area contributed by atoms with E-state index in [2.05, 4.69) is 59.4 Å². The summed E-state index contributed by atoms with van der Waals surface area (Å²) in [5, 5.41) is -0.0405. The van der Waals surface area contributed by atoms with Crippen LogP contribution in [0, 0.1) is 50.7 Å². The summed E-state index contributed by atoms with van der Waals surface area (Å²) in [5.74, 6) is 2.11. The van der Waals surface area contributed by atoms with Crippen LogP contribution in [0.3, 0.4) is 0 Å². The fourth-order valence-corrected chi connectivity index (χ4v) is 12.2. The van der Waals surface area contributed by atoms with Gasteiger partial charge in [0.1, 0.15) is 0 Å². The van der Waals surface area contributed by atoms with Crippen LogP contribution in [-0.4, -0.2) is 18.3 Å². The highest BCUT2D eigenvalue weighted by Gasteiger charge is 2.70. The van der Waals surface area contributed by atoms with Gasteiger partial charge in [-0.1, -0.05) is 65.3 Å². The maximum absolute atomic E-state index is 12.8. The van der Waals surface area contributed by atoms with E-state index >= 15 is 0 Å². The van der Waals surface area contributed by atoms with Crippen molar-refractivity contribution in [2.45, 2.75) is 106 Å². The third-order valence-electron chi connectivity index (χ3n) is 13.9. The fraction of sp³-hybridized carbons (Fsp3) is 0.684. The van der Waals surface area contributed by atoms with Gasteiger partial charge in [-0.25, -0.2) is 4.79 Å². The first-order valence-electron chi connectivity index (χ1n) is 16.4. The van der Waals surface area contributed by atoms with Crippen LogP contribution in [-0.2, 0) is 9.53 Å². The summed E-state index contributed by atoms with van der Waals surface area (Å²) < 4.78 is 4.92. The van der Waals surface area contributed by atoms with E-state index < -0.39 is 0 Å². The lowest BCUT2D eigenvalue weighted by Gasteiger charge is -2.72. The van der Waals surface area contributed by atoms with Crippen LogP contribution >= 0.6 is 11.6 Å². The van der Waals surface area contributed by atoms with Crippen LogP contribution in [0.1, 0.15) is 122 Å². The van der Waals surface area contributed by atoms with Crippen molar-refractivity contribution in [3.63, 3.8) is 0 Å². The summed E-state index contributed by atoms with van der Waals surface area (Å²) in [5.41, 5.74) is 3.89. The number of hydrogen-bond donors (Lipinski definition) is 0. The second-order valence-electron chi connectivity index (χ2n) is 15.6. The average molecular weight is 593 g/mol. The quantitative estimate of drug-likeness (QED) is 0.199. The summed E-state index contributed by atoms with van der Waals surface area (Å²) in [4.78, 5) is 24.8. The van der Waals surface area contributed by atoms with Crippen LogP contribution in [0.4, 0.5) is 0 Å². The molecule has 0 amide bonds. The largest absolute Gasteiger partial charge is 0.465 e. The summed E-state index contributed by atoms with van der Waals surface area (Å²) >= 11 is 6.37. The van der Waals surface area contributed by atoms with Gasteiger partial charge in [0.05, 0.1) is 12.7 Å². The monoisotopic (exact) mass is 592 g/mol. The molecular formula is C38H53ClO3. The molecule has 0 bridgehead atoms. The molecule has 1 aromatic carbocycles. The van der Waals surface area contributed by atoms with E-state index in [-0.39, 0.29) is 38.3 Å². The molecule has 0 aliphatic heterocycles. The summed E-state index contributed by atoms with van der Waals surface area (Å²) in [6.07, 6.45) is 16.0. The molecule has 0 spiro atoms. The maximum Gasteiger partial charge on any atom is 0.337 e. The Balaban J connectivity index is 0.00000113. The second-order valence-corrected chi connectivity index (χ2v) is 16.0. The predicted molar refractivity (Wildman–Crippen MR) is 173 cm³/mol. The Kier molecular flexibility index (Phi) is 8.21. The molecule has 1 aromatic rings. The zero-order valence-electron chi connectivity index (χ0n) is 27.2. The topological polar surface area (TPSA) is 43.4 Å². The Morgan fingerprint density at radius 2 is 1.55 bits per heavy atom. The molecule has 5 aliphatic carbocycles. The number of methoxy groups -OCH3 is 1. The number of carbonyl (C=O) groups excluding carboxylic acids is 2. The van der Waals surface area contributed by atoms with Gasteiger partial charge in [-0.15, -0.1) is 6.58 Å². The van der Waals surface area contributed by atoms with Gasteiger partial charge in [-0.3, -0.25) is 4.79 Å². The number of fused-ring (bicyclic) bond motifs is 7. The first kappa shape index (κ1) is 31.6. The molecule has 0 N–H and O–H groups in total. The zero-order valence-corrected chi connectivity index (χ0v) is 27.9. The molecule has 230 valence electrons. The Bertz CT molecular complexity index is 1260. The van der Waals surface area contributed by atoms with Crippen molar-refractivity contribution in [3.05, 3.63) is 54.1 Å². The van der Waals surface area contributed by atoms with E-state index in [4.69, 9.17) is 16.3 Å². The number of rotatable bonds is 3. The zero-order chi connectivity index (χ0) is 30.7. The Hall–Kier alpha value is -1.87. The molecule has 0 radical (unpaired) electrons. The number of esters is 1. The summed E-state index contributed by atoms with van der Waals surface area (Å²) in [6.45, 7) is 18.1. The van der Waals surface area contributed by atoms with E-state index in [1.54, 1.807) is 6.08 Å². The van der Waals surface area contributed by atoms with Crippen LogP contribution < -0.4 is 0 Å². The van der Waals surface area contributed by atoms with Crippen molar-refractivity contribution < 1.29 is 14.3 Å². The SMILES string of the molecule is C=CC.COC(=O)c1ccc(C2=CCC3(C)C(CCC4(C)C3CCC3C5CCCC5(C(=O)Cl)CC[C@]34C)C2(C)C)cc1. The maximum atomic E-state index is 12.8. The molecule has 0 saturated heterocycles. The average Bonchev–Trinajstić information content (AvgIpc) is 3.39. The number of benzene rings is 1. The number of allylic oxidation sites excluding steroid dienone is 3. The summed E-state index contributed by atoms with van der Waals surface area (Å²) in [7, 11) is 1.43. The van der Waals surface area contributed by atoms with Gasteiger partial charge in [-0.2, -0.15) is 0 Å². The molecule has 4 saturated carbocycles. The molecule has 4 heteroatoms. The normalized spacial score (nSPS) is 41.4. The molecule has 42 heavy (non-hydrogen) atoms. The van der Waals surface area contributed by atoms with Crippen LogP contribution in [0.2, 0.25) is 0 Å². The van der Waals surface area contributed by atoms with E-state index in [0.29, 0.717) is 29.2 Å². The Morgan fingerprint density at radius 1 is 0.881 bits per heavy atom. The minimum absolute atomic E-state index is 0.0405. The minimum atomic E-state index is -0.283. The third-order valence-corrected chi connectivity index (χ3v) is 14.3. The molecule has 3 nitrogen and oxygen atoms in total. The van der Waals surface area contributed by atoms with Gasteiger partial charge in [0.25, 0.3) is 0 Å². The number of carbonyl (C=O) groups is 2. The third kappa shape index (κ3) is 4.33. The lowest BCUT2D eigenvalue weighted by atomic mass is 9.33. The smallest absolute Gasteiger partial charge is 0.337 e. The molecule has 8 atom stereocenters. The van der Waals surface area contributed by atoms with Crippen LogP contribution in [0.5, 0.6) is 0 Å². The second kappa shape index (κ2) is 10.9. The highest BCUT2D eigenvalue weighted by Crippen LogP contribution is 2.77. The highest BCUT2D eigenvalue weighted by molar-refractivity contribution is 6.64. The van der Waals surface area contributed by atoms with Crippen molar-refractivity contribution >= 4 is 28.4 Å². The number of hydrogen-bond acceptors (Lipinski definition) is 3. The van der Waals surface area contributed by atoms with E-state index in [9.17, 15) is 9.59 Å². The Morgan fingerprint density at radius 3 is 2.17 bits per heavy atom. The lowest BCUT2D eigenvalue weighted by Crippen LogP contribution is -2.65. The van der Waals surface area contributed by atoms with Crippen LogP contribution in [0.15, 0.2) is 43.0 Å². The standard InChI is InChI=1S/C35H47ClO3.C3H6/c1-31(2)24(22-9-11-23(12-10-22)29(37)39-6)15-18-32(3)27(31)16-19-34(5)28(32)14-13-25-26-8-7-17-35(26,30(36)38)21-20-33(25,34)4;1-3-2/h9-12,15,25-28H,7-8,13-14,16-21H2,1-6H3;3H,1H2,2H3/t25?,26?,27?,28?,32?,33-,34?,35?;/m1./s1. The van der Waals surface area contributed by atoms with Crippen molar-refractivity contribution in [1.82, 2.24) is 0 Å². The lowest BCUT2D eigenvalue weighted by molar-refractivity contribution is -0.221. The Labute approximate surface area is 259 Å². The molecule has 7 unspecified atom stereocenters. The van der Waals surface area contributed by atoms with Gasteiger partial charge in [0, 0.05) is 5.41 Å². The van der Waals surface area contributed by atoms with E-state index in [1.807, 2.05) is 19.1 Å². The first-order valence-corrected chi connectivity index (χ1v) is 16.8. The van der Waals surface area contributed by atoms with E-state index in [1.165, 1.54) is 50.4 Å². The minimum Gasteiger partial charge on any atom is -0.465 e. The molecule has 6 rings (SSSR count). The van der Waals surface area contributed by atoms with Gasteiger partial charge in [-0.05, 0) is 145 Å². The summed E-state index contributed by atoms with van der Waals surface area (Å²) in [6, 6.07) is 8.03. The highest BCUT2D eigenvalue weighted by atomic mass is 35.5. The molecule has 0 aromatic heterocycles. The van der Waals surface area contributed by atoms with Crippen LogP contribution in [0.25, 0.3) is 5.57 Å². The molecule has 0 heterocycles. The first-order chi connectivity index (χ1) is 19.8. The fourth-order valence-electron chi connectivity index (χ4n) is 11.9. The van der Waals surface area contributed by atoms with Crippen molar-refractivity contribution in [1.29, 1.82) is 0 Å². The molecular weight excluding hydrogens is 540 g/mol. The number of halogens is 1. The van der Waals surface area contributed by atoms with Crippen molar-refractivity contribution in [3.8, 4) is 0 Å². The van der Waals surface area contributed by atoms with Crippen molar-refractivity contribution in [2.24, 2.45) is 50.7 Å². The molecule has 4 fully saturated rings. The number of ether oxygens (including phenoxy) is 1. The van der Waals surface area contributed by atoms with Gasteiger partial charge >= 0.3 is 5.97 Å². The van der Waals surface area contributed by atoms with Crippen molar-refractivity contribution in [2.75, 3.05) is 7.11 Å². The van der Waals surface area contributed by atoms with Gasteiger partial charge in [0.2, 0.25) is 5.24 Å². The predicted octanol–water partition coefficient (Wildman–Crippen LogP) is 10.3. The van der Waals surface area contributed by atoms with E-state index in [0.717, 1.165) is 32.1 Å². The van der Waals surface area contributed by atoms with Gasteiger partial charge in [0.15, 0.2) is 0 Å². The van der Waals surface area contributed by atoms with Gasteiger partial charge < -0.3 is 4.74 Å².